The van der Waals surface area contributed by atoms with Gasteiger partial charge in [0.05, 0.1) is 5.75 Å². The van der Waals surface area contributed by atoms with E-state index in [4.69, 9.17) is 0 Å². The summed E-state index contributed by atoms with van der Waals surface area (Å²) in [4.78, 5) is 2.05. The molecule has 0 saturated carbocycles. The summed E-state index contributed by atoms with van der Waals surface area (Å²) in [6.45, 7) is 2.00. The molecule has 92 valence electrons. The Kier molecular flexibility index (Phi) is 7.08. The molecule has 0 bridgehead atoms. The first-order valence-electron chi connectivity index (χ1n) is 5.13. The van der Waals surface area contributed by atoms with Gasteiger partial charge in [-0.05, 0) is 34.1 Å². The third-order valence-corrected chi connectivity index (χ3v) is 4.02. The quantitative estimate of drug-likeness (QED) is 0.614. The maximum Gasteiger partial charge on any atom is 0.215 e. The van der Waals surface area contributed by atoms with E-state index >= 15 is 0 Å². The second-order valence-corrected chi connectivity index (χ2v) is 6.09. The molecule has 1 N–H and O–H groups in total. The van der Waals surface area contributed by atoms with Gasteiger partial charge >= 0.3 is 0 Å². The number of hydrogen-bond donors (Lipinski definition) is 1. The van der Waals surface area contributed by atoms with Crippen LogP contribution in [0.1, 0.15) is 6.42 Å². The van der Waals surface area contributed by atoms with Crippen LogP contribution in [-0.4, -0.2) is 71.2 Å². The van der Waals surface area contributed by atoms with E-state index in [0.717, 1.165) is 13.0 Å². The van der Waals surface area contributed by atoms with Crippen LogP contribution in [0.5, 0.6) is 0 Å². The maximum atomic E-state index is 11.6. The van der Waals surface area contributed by atoms with Crippen LogP contribution in [0, 0.1) is 0 Å². The SMILES string of the molecule is CNCCS(=O)(=O)N(C)CCCN(C)C. The molecule has 5 nitrogen and oxygen atoms in total. The molecular formula is C9H23N3O2S. The fraction of sp³-hybridized carbons (Fsp3) is 1.00. The molecule has 0 rings (SSSR count). The Labute approximate surface area is 93.5 Å². The summed E-state index contributed by atoms with van der Waals surface area (Å²) in [6, 6.07) is 0. The van der Waals surface area contributed by atoms with E-state index in [0.29, 0.717) is 13.1 Å². The van der Waals surface area contributed by atoms with Crippen molar-refractivity contribution in [3.05, 3.63) is 0 Å². The molecule has 0 aliphatic carbocycles. The minimum Gasteiger partial charge on any atom is -0.319 e. The molecular weight excluding hydrogens is 214 g/mol. The van der Waals surface area contributed by atoms with E-state index in [9.17, 15) is 8.42 Å². The minimum atomic E-state index is -3.07. The second-order valence-electron chi connectivity index (χ2n) is 3.90. The molecule has 0 aromatic rings. The highest BCUT2D eigenvalue weighted by Crippen LogP contribution is 1.99. The summed E-state index contributed by atoms with van der Waals surface area (Å²) in [5.74, 6) is 0.169. The molecule has 0 fully saturated rings. The standard InChI is InChI=1S/C9H23N3O2S/c1-10-6-9-15(13,14)12(4)8-5-7-11(2)3/h10H,5-9H2,1-4H3. The Hall–Kier alpha value is -0.170. The van der Waals surface area contributed by atoms with Crippen LogP contribution in [0.25, 0.3) is 0 Å². The van der Waals surface area contributed by atoms with Gasteiger partial charge in [0.1, 0.15) is 0 Å². The van der Waals surface area contributed by atoms with E-state index in [1.807, 2.05) is 19.0 Å². The van der Waals surface area contributed by atoms with Gasteiger partial charge in [-0.25, -0.2) is 12.7 Å². The van der Waals surface area contributed by atoms with Gasteiger partial charge in [0.15, 0.2) is 0 Å². The predicted octanol–water partition coefficient (Wildman–Crippen LogP) is -0.581. The number of nitrogens with one attached hydrogen (secondary N) is 1. The molecule has 15 heavy (non-hydrogen) atoms. The molecule has 0 atom stereocenters. The van der Waals surface area contributed by atoms with Crippen molar-refractivity contribution in [1.82, 2.24) is 14.5 Å². The molecule has 0 aliphatic heterocycles. The third-order valence-electron chi connectivity index (χ3n) is 2.16. The highest BCUT2D eigenvalue weighted by Gasteiger charge is 2.16. The van der Waals surface area contributed by atoms with E-state index in [1.54, 1.807) is 14.1 Å². The van der Waals surface area contributed by atoms with Crippen LogP contribution in [0.15, 0.2) is 0 Å². The largest absolute Gasteiger partial charge is 0.319 e. The zero-order valence-electron chi connectivity index (χ0n) is 10.2. The fourth-order valence-electron chi connectivity index (χ4n) is 1.14. The average molecular weight is 237 g/mol. The van der Waals surface area contributed by atoms with Crippen LogP contribution in [0.3, 0.4) is 0 Å². The smallest absolute Gasteiger partial charge is 0.215 e. The lowest BCUT2D eigenvalue weighted by Crippen LogP contribution is -2.34. The summed E-state index contributed by atoms with van der Waals surface area (Å²) in [5, 5.41) is 2.84. The number of sulfonamides is 1. The molecule has 0 saturated heterocycles. The highest BCUT2D eigenvalue weighted by molar-refractivity contribution is 7.89. The van der Waals surface area contributed by atoms with E-state index in [2.05, 4.69) is 5.32 Å². The molecule has 0 spiro atoms. The molecule has 6 heteroatoms. The summed E-state index contributed by atoms with van der Waals surface area (Å²) in [7, 11) is 4.29. The summed E-state index contributed by atoms with van der Waals surface area (Å²) >= 11 is 0. The molecule has 0 unspecified atom stereocenters. The van der Waals surface area contributed by atoms with Crippen molar-refractivity contribution in [3.63, 3.8) is 0 Å². The minimum absolute atomic E-state index is 0.169. The molecule has 0 aliphatic rings. The first kappa shape index (κ1) is 14.8. The predicted molar refractivity (Wildman–Crippen MR) is 63.5 cm³/mol. The number of rotatable bonds is 8. The lowest BCUT2D eigenvalue weighted by Gasteiger charge is -2.18. The first-order chi connectivity index (χ1) is 6.90. The first-order valence-corrected chi connectivity index (χ1v) is 6.74. The Morgan fingerprint density at radius 2 is 1.73 bits per heavy atom. The summed E-state index contributed by atoms with van der Waals surface area (Å²) < 4.78 is 24.7. The average Bonchev–Trinajstić information content (AvgIpc) is 2.14. The van der Waals surface area contributed by atoms with Gasteiger partial charge in [-0.2, -0.15) is 0 Å². The van der Waals surface area contributed by atoms with Crippen LogP contribution in [-0.2, 0) is 10.0 Å². The molecule has 0 amide bonds. The summed E-state index contributed by atoms with van der Waals surface area (Å²) in [5.41, 5.74) is 0. The van der Waals surface area contributed by atoms with Crippen LogP contribution < -0.4 is 5.32 Å². The highest BCUT2D eigenvalue weighted by atomic mass is 32.2. The Morgan fingerprint density at radius 3 is 2.20 bits per heavy atom. The number of nitrogens with zero attached hydrogens (tertiary/aromatic N) is 2. The summed E-state index contributed by atoms with van der Waals surface area (Å²) in [6.07, 6.45) is 0.863. The van der Waals surface area contributed by atoms with Crippen LogP contribution in [0.2, 0.25) is 0 Å². The zero-order chi connectivity index (χ0) is 11.9. The second kappa shape index (κ2) is 7.16. The third kappa shape index (κ3) is 6.83. The van der Waals surface area contributed by atoms with Crippen molar-refractivity contribution in [1.29, 1.82) is 0 Å². The lowest BCUT2D eigenvalue weighted by atomic mass is 10.4. The van der Waals surface area contributed by atoms with Crippen LogP contribution in [0.4, 0.5) is 0 Å². The van der Waals surface area contributed by atoms with Crippen molar-refractivity contribution in [2.75, 3.05) is 53.6 Å². The van der Waals surface area contributed by atoms with E-state index in [1.165, 1.54) is 4.31 Å². The van der Waals surface area contributed by atoms with Crippen molar-refractivity contribution in [2.45, 2.75) is 6.42 Å². The van der Waals surface area contributed by atoms with Gasteiger partial charge in [0.25, 0.3) is 0 Å². The topological polar surface area (TPSA) is 52.7 Å². The van der Waals surface area contributed by atoms with Gasteiger partial charge in [-0.3, -0.25) is 0 Å². The maximum absolute atomic E-state index is 11.6. The number of hydrogen-bond acceptors (Lipinski definition) is 4. The van der Waals surface area contributed by atoms with Crippen molar-refractivity contribution in [2.24, 2.45) is 0 Å². The zero-order valence-corrected chi connectivity index (χ0v) is 11.0. The van der Waals surface area contributed by atoms with E-state index < -0.39 is 10.0 Å². The van der Waals surface area contributed by atoms with Crippen molar-refractivity contribution in [3.8, 4) is 0 Å². The van der Waals surface area contributed by atoms with Gasteiger partial charge < -0.3 is 10.2 Å². The molecule has 0 aromatic heterocycles. The monoisotopic (exact) mass is 237 g/mol. The molecule has 0 heterocycles. The Bertz CT molecular complexity index is 252. The van der Waals surface area contributed by atoms with Gasteiger partial charge in [-0.1, -0.05) is 0 Å². The fourth-order valence-corrected chi connectivity index (χ4v) is 2.32. The Balaban J connectivity index is 3.91. The van der Waals surface area contributed by atoms with Gasteiger partial charge in [-0.15, -0.1) is 0 Å². The normalized spacial score (nSPS) is 12.7. The molecule has 0 radical (unpaired) electrons. The van der Waals surface area contributed by atoms with Crippen molar-refractivity contribution >= 4 is 10.0 Å². The Morgan fingerprint density at radius 1 is 1.13 bits per heavy atom. The van der Waals surface area contributed by atoms with Crippen molar-refractivity contribution < 1.29 is 8.42 Å². The van der Waals surface area contributed by atoms with Gasteiger partial charge in [0.2, 0.25) is 10.0 Å². The van der Waals surface area contributed by atoms with E-state index in [-0.39, 0.29) is 5.75 Å². The van der Waals surface area contributed by atoms with Gasteiger partial charge in [0, 0.05) is 20.1 Å². The lowest BCUT2D eigenvalue weighted by molar-refractivity contribution is 0.370. The molecule has 0 aromatic carbocycles. The van der Waals surface area contributed by atoms with Crippen LogP contribution >= 0.6 is 0 Å².